The third-order valence-electron chi connectivity index (χ3n) is 2.37. The fourth-order valence-corrected chi connectivity index (χ4v) is 2.32. The number of carboxylic acid groups (broad SMARTS) is 1. The van der Waals surface area contributed by atoms with E-state index in [2.05, 4.69) is 21.2 Å². The van der Waals surface area contributed by atoms with Crippen LogP contribution in [-0.2, 0) is 4.79 Å². The van der Waals surface area contributed by atoms with E-state index in [-0.39, 0.29) is 5.91 Å². The van der Waals surface area contributed by atoms with Crippen LogP contribution in [0.15, 0.2) is 15.9 Å². The molecule has 0 fully saturated rings. The number of hydrogen-bond acceptors (Lipinski definition) is 3. The topological polar surface area (TPSA) is 66.4 Å². The number of thiophene rings is 1. The molecule has 1 aromatic rings. The fraction of sp³-hybridized carbons (Fsp3) is 0.400. The number of aliphatic carboxylic acids is 1. The lowest BCUT2D eigenvalue weighted by Crippen LogP contribution is -2.51. The van der Waals surface area contributed by atoms with E-state index >= 15 is 0 Å². The van der Waals surface area contributed by atoms with Crippen molar-refractivity contribution in [3.05, 3.63) is 20.8 Å². The van der Waals surface area contributed by atoms with Crippen molar-refractivity contribution in [2.75, 3.05) is 0 Å². The van der Waals surface area contributed by atoms with Crippen LogP contribution in [0.4, 0.5) is 0 Å². The fourth-order valence-electron chi connectivity index (χ4n) is 1.04. The Balaban J connectivity index is 2.81. The van der Waals surface area contributed by atoms with Gasteiger partial charge in [-0.3, -0.25) is 4.79 Å². The second kappa shape index (κ2) is 4.97. The van der Waals surface area contributed by atoms with Crippen molar-refractivity contribution in [2.24, 2.45) is 0 Å². The molecule has 1 unspecified atom stereocenters. The predicted octanol–water partition coefficient (Wildman–Crippen LogP) is 2.49. The lowest BCUT2D eigenvalue weighted by Gasteiger charge is -2.24. The molecule has 0 spiro atoms. The normalized spacial score (nSPS) is 14.2. The number of carbonyl (C=O) groups excluding carboxylic acids is 1. The van der Waals surface area contributed by atoms with Crippen LogP contribution in [0.2, 0.25) is 0 Å². The average molecular weight is 306 g/mol. The van der Waals surface area contributed by atoms with Crippen molar-refractivity contribution in [1.82, 2.24) is 5.32 Å². The van der Waals surface area contributed by atoms with E-state index in [1.165, 1.54) is 18.3 Å². The van der Waals surface area contributed by atoms with Crippen LogP contribution in [0.25, 0.3) is 0 Å². The van der Waals surface area contributed by atoms with Crippen molar-refractivity contribution in [1.29, 1.82) is 0 Å². The lowest BCUT2D eigenvalue weighted by atomic mass is 9.99. The van der Waals surface area contributed by atoms with Gasteiger partial charge in [-0.1, -0.05) is 6.92 Å². The molecule has 0 aliphatic carbocycles. The lowest BCUT2D eigenvalue weighted by molar-refractivity contribution is -0.143. The van der Waals surface area contributed by atoms with Crippen molar-refractivity contribution in [3.8, 4) is 0 Å². The van der Waals surface area contributed by atoms with E-state index in [9.17, 15) is 9.59 Å². The zero-order chi connectivity index (χ0) is 12.3. The highest BCUT2D eigenvalue weighted by Crippen LogP contribution is 2.22. The summed E-state index contributed by atoms with van der Waals surface area (Å²) in [5.74, 6) is -1.39. The Hall–Kier alpha value is -0.880. The Kier molecular flexibility index (Phi) is 4.09. The maximum absolute atomic E-state index is 11.8. The number of carbonyl (C=O) groups is 2. The maximum Gasteiger partial charge on any atom is 0.329 e. The number of nitrogens with one attached hydrogen (secondary N) is 1. The van der Waals surface area contributed by atoms with Gasteiger partial charge in [0.05, 0.1) is 8.66 Å². The number of rotatable bonds is 4. The molecule has 0 saturated heterocycles. The summed E-state index contributed by atoms with van der Waals surface area (Å²) in [5.41, 5.74) is -1.21. The Morgan fingerprint density at radius 3 is 2.56 bits per heavy atom. The first kappa shape index (κ1) is 13.2. The average Bonchev–Trinajstić information content (AvgIpc) is 2.64. The summed E-state index contributed by atoms with van der Waals surface area (Å²) in [7, 11) is 0. The summed E-state index contributed by atoms with van der Waals surface area (Å²) >= 11 is 4.52. The minimum Gasteiger partial charge on any atom is -0.480 e. The van der Waals surface area contributed by atoms with Crippen LogP contribution < -0.4 is 5.32 Å². The van der Waals surface area contributed by atoms with E-state index in [4.69, 9.17) is 5.11 Å². The number of halogens is 1. The van der Waals surface area contributed by atoms with Crippen LogP contribution in [0.3, 0.4) is 0 Å². The molecule has 6 heteroatoms. The van der Waals surface area contributed by atoms with Gasteiger partial charge in [0.25, 0.3) is 5.91 Å². The van der Waals surface area contributed by atoms with Gasteiger partial charge in [-0.25, -0.2) is 4.79 Å². The summed E-state index contributed by atoms with van der Waals surface area (Å²) < 4.78 is 0.839. The first-order chi connectivity index (χ1) is 7.39. The number of amides is 1. The molecule has 88 valence electrons. The molecule has 4 nitrogen and oxygen atoms in total. The maximum atomic E-state index is 11.8. The molecule has 1 aromatic heterocycles. The minimum absolute atomic E-state index is 0.334. The van der Waals surface area contributed by atoms with Crippen LogP contribution in [0.5, 0.6) is 0 Å². The summed E-state index contributed by atoms with van der Waals surface area (Å²) in [4.78, 5) is 23.2. The summed E-state index contributed by atoms with van der Waals surface area (Å²) in [6, 6.07) is 3.41. The van der Waals surface area contributed by atoms with Gasteiger partial charge < -0.3 is 10.4 Å². The van der Waals surface area contributed by atoms with Crippen LogP contribution in [0, 0.1) is 0 Å². The zero-order valence-corrected chi connectivity index (χ0v) is 11.3. The second-order valence-electron chi connectivity index (χ2n) is 3.55. The van der Waals surface area contributed by atoms with Crippen molar-refractivity contribution in [2.45, 2.75) is 25.8 Å². The summed E-state index contributed by atoms with van der Waals surface area (Å²) in [5, 5.41) is 11.5. The Morgan fingerprint density at radius 1 is 1.56 bits per heavy atom. The van der Waals surface area contributed by atoms with Crippen LogP contribution in [0.1, 0.15) is 29.9 Å². The number of carboxylic acids is 1. The molecule has 1 rings (SSSR count). The SMILES string of the molecule is CCC(C)(NC(=O)c1ccc(Br)s1)C(=O)O. The second-order valence-corrected chi connectivity index (χ2v) is 6.01. The zero-order valence-electron chi connectivity index (χ0n) is 8.91. The van der Waals surface area contributed by atoms with Gasteiger partial charge in [-0.15, -0.1) is 11.3 Å². The molecule has 1 atom stereocenters. The quantitative estimate of drug-likeness (QED) is 0.898. The third-order valence-corrected chi connectivity index (χ3v) is 3.99. The van der Waals surface area contributed by atoms with Gasteiger partial charge in [-0.2, -0.15) is 0 Å². The van der Waals surface area contributed by atoms with Crippen molar-refractivity contribution in [3.63, 3.8) is 0 Å². The minimum atomic E-state index is -1.21. The molecule has 0 aliphatic heterocycles. The molecule has 0 saturated carbocycles. The van der Waals surface area contributed by atoms with E-state index in [1.807, 2.05) is 0 Å². The molecule has 1 heterocycles. The van der Waals surface area contributed by atoms with Gasteiger partial charge in [0.1, 0.15) is 5.54 Å². The Morgan fingerprint density at radius 2 is 2.19 bits per heavy atom. The molecule has 16 heavy (non-hydrogen) atoms. The van der Waals surface area contributed by atoms with Gasteiger partial charge in [-0.05, 0) is 41.4 Å². The highest BCUT2D eigenvalue weighted by Gasteiger charge is 2.33. The van der Waals surface area contributed by atoms with E-state index in [0.29, 0.717) is 11.3 Å². The van der Waals surface area contributed by atoms with Gasteiger partial charge in [0, 0.05) is 0 Å². The van der Waals surface area contributed by atoms with E-state index in [1.54, 1.807) is 19.1 Å². The molecular formula is C10H12BrNO3S. The molecule has 0 aliphatic rings. The highest BCUT2D eigenvalue weighted by molar-refractivity contribution is 9.11. The van der Waals surface area contributed by atoms with Gasteiger partial charge in [0.15, 0.2) is 0 Å². The summed E-state index contributed by atoms with van der Waals surface area (Å²) in [6.07, 6.45) is 0.334. The van der Waals surface area contributed by atoms with Crippen LogP contribution in [-0.4, -0.2) is 22.5 Å². The van der Waals surface area contributed by atoms with E-state index in [0.717, 1.165) is 3.79 Å². The molecule has 0 radical (unpaired) electrons. The van der Waals surface area contributed by atoms with Crippen molar-refractivity contribution < 1.29 is 14.7 Å². The molecular weight excluding hydrogens is 294 g/mol. The smallest absolute Gasteiger partial charge is 0.329 e. The predicted molar refractivity (Wildman–Crippen MR) is 65.8 cm³/mol. The Labute approximate surface area is 106 Å². The largest absolute Gasteiger partial charge is 0.480 e. The first-order valence-corrected chi connectivity index (χ1v) is 6.31. The molecule has 1 amide bonds. The summed E-state index contributed by atoms with van der Waals surface area (Å²) in [6.45, 7) is 3.22. The highest BCUT2D eigenvalue weighted by atomic mass is 79.9. The van der Waals surface area contributed by atoms with Gasteiger partial charge >= 0.3 is 5.97 Å². The monoisotopic (exact) mass is 305 g/mol. The third kappa shape index (κ3) is 2.82. The number of hydrogen-bond donors (Lipinski definition) is 2. The molecule has 0 bridgehead atoms. The standard InChI is InChI=1S/C10H12BrNO3S/c1-3-10(2,9(14)15)12-8(13)6-4-5-7(11)16-6/h4-5H,3H2,1-2H3,(H,12,13)(H,14,15). The Bertz CT molecular complexity index is 418. The first-order valence-electron chi connectivity index (χ1n) is 4.70. The van der Waals surface area contributed by atoms with E-state index < -0.39 is 11.5 Å². The molecule has 0 aromatic carbocycles. The van der Waals surface area contributed by atoms with Gasteiger partial charge in [0.2, 0.25) is 0 Å². The van der Waals surface area contributed by atoms with Crippen molar-refractivity contribution >= 4 is 39.1 Å². The van der Waals surface area contributed by atoms with Crippen LogP contribution >= 0.6 is 27.3 Å². The molecule has 2 N–H and O–H groups in total.